The number of furan rings is 1. The van der Waals surface area contributed by atoms with Gasteiger partial charge in [0, 0.05) is 10.9 Å². The Morgan fingerprint density at radius 1 is 1.10 bits per heavy atom. The van der Waals surface area contributed by atoms with Crippen molar-refractivity contribution in [2.45, 2.75) is 25.1 Å². The number of benzene rings is 1. The molecule has 3 aromatic rings. The quantitative estimate of drug-likeness (QED) is 0.359. The van der Waals surface area contributed by atoms with Crippen LogP contribution in [0.2, 0.25) is 0 Å². The second-order valence-electron chi connectivity index (χ2n) is 6.86. The van der Waals surface area contributed by atoms with E-state index >= 15 is 0 Å². The van der Waals surface area contributed by atoms with Crippen molar-refractivity contribution in [3.63, 3.8) is 0 Å². The lowest BCUT2D eigenvalue weighted by molar-refractivity contribution is -0.120. The summed E-state index contributed by atoms with van der Waals surface area (Å²) in [6.07, 6.45) is 0. The maximum Gasteiger partial charge on any atom is 0.343 e. The zero-order chi connectivity index (χ0) is 21.7. The molecule has 4 rings (SSSR count). The van der Waals surface area contributed by atoms with Crippen LogP contribution in [0.5, 0.6) is 5.75 Å². The summed E-state index contributed by atoms with van der Waals surface area (Å²) in [7, 11) is 0. The average Bonchev–Trinajstić information content (AvgIpc) is 3.25. The van der Waals surface area contributed by atoms with Crippen molar-refractivity contribution in [3.8, 4) is 17.3 Å². The normalized spacial score (nSPS) is 18.3. The number of hydrogen-bond acceptors (Lipinski definition) is 7. The zero-order valence-electron chi connectivity index (χ0n) is 15.7. The predicted molar refractivity (Wildman–Crippen MR) is 105 cm³/mol. The van der Waals surface area contributed by atoms with Gasteiger partial charge in [0.05, 0.1) is 5.56 Å². The summed E-state index contributed by atoms with van der Waals surface area (Å²) >= 11 is -2.46. The van der Waals surface area contributed by atoms with Crippen LogP contribution in [0.25, 0.3) is 22.5 Å². The van der Waals surface area contributed by atoms with Gasteiger partial charge in [0.25, 0.3) is 5.91 Å². The molecule has 0 saturated carbocycles. The molecule has 1 fully saturated rings. The van der Waals surface area contributed by atoms with Gasteiger partial charge < -0.3 is 23.8 Å². The molecular weight excluding hydrogens is 416 g/mol. The molecule has 3 unspecified atom stereocenters. The molecule has 1 aliphatic rings. The lowest BCUT2D eigenvalue weighted by Gasteiger charge is -2.18. The van der Waals surface area contributed by atoms with Crippen LogP contribution in [0.15, 0.2) is 37.9 Å². The van der Waals surface area contributed by atoms with Crippen LogP contribution >= 0.6 is 0 Å². The third-order valence-electron chi connectivity index (χ3n) is 4.97. The fourth-order valence-electron chi connectivity index (χ4n) is 3.39. The van der Waals surface area contributed by atoms with Crippen LogP contribution in [-0.4, -0.2) is 31.8 Å². The third-order valence-corrected chi connectivity index (χ3v) is 5.95. The van der Waals surface area contributed by atoms with Crippen LogP contribution in [-0.2, 0) is 15.9 Å². The molecule has 2 aromatic heterocycles. The number of amides is 3. The Labute approximate surface area is 171 Å². The largest absolute Gasteiger partial charge is 0.507 e. The summed E-state index contributed by atoms with van der Waals surface area (Å²) in [4.78, 5) is 35.3. The van der Waals surface area contributed by atoms with Crippen molar-refractivity contribution in [3.05, 3.63) is 51.4 Å². The number of carbonyl (C=O) groups excluding carboxylic acids is 2. The third kappa shape index (κ3) is 3.17. The highest BCUT2D eigenvalue weighted by atomic mass is 32.2. The Kier molecular flexibility index (Phi) is 4.71. The van der Waals surface area contributed by atoms with E-state index in [1.54, 1.807) is 19.1 Å². The van der Waals surface area contributed by atoms with Crippen molar-refractivity contribution in [2.75, 3.05) is 0 Å². The molecule has 0 aliphatic carbocycles. The molecule has 1 aromatic carbocycles. The number of carbonyl (C=O) groups is 2. The Morgan fingerprint density at radius 3 is 2.47 bits per heavy atom. The van der Waals surface area contributed by atoms with E-state index < -0.39 is 39.9 Å². The molecule has 1 saturated heterocycles. The SMILES string of the molecule is Cc1c(-c2cc3cc(C(C4NC(=O)NC4=O)S(=O)O)ccc3o2)oc(=O)c(C)c1O. The van der Waals surface area contributed by atoms with Gasteiger partial charge in [-0.25, -0.2) is 13.8 Å². The highest BCUT2D eigenvalue weighted by Gasteiger charge is 2.40. The second-order valence-corrected chi connectivity index (χ2v) is 7.92. The number of rotatable bonds is 4. The Morgan fingerprint density at radius 2 is 1.83 bits per heavy atom. The van der Waals surface area contributed by atoms with Crippen LogP contribution in [0.1, 0.15) is 21.9 Å². The average molecular weight is 432 g/mol. The summed E-state index contributed by atoms with van der Waals surface area (Å²) in [5.41, 5.74) is 0.417. The van der Waals surface area contributed by atoms with E-state index in [-0.39, 0.29) is 22.8 Å². The fraction of sp³-hybridized carbons (Fsp3) is 0.211. The van der Waals surface area contributed by atoms with Crippen LogP contribution in [0.4, 0.5) is 4.79 Å². The molecule has 3 amide bonds. The molecule has 30 heavy (non-hydrogen) atoms. The van der Waals surface area contributed by atoms with Gasteiger partial charge >= 0.3 is 11.7 Å². The zero-order valence-corrected chi connectivity index (χ0v) is 16.5. The van der Waals surface area contributed by atoms with E-state index in [4.69, 9.17) is 8.83 Å². The van der Waals surface area contributed by atoms with E-state index in [2.05, 4.69) is 5.32 Å². The van der Waals surface area contributed by atoms with Gasteiger partial charge in [-0.2, -0.15) is 0 Å². The second kappa shape index (κ2) is 7.11. The standard InChI is InChI=1S/C19H16N2O8S/c1-7-14(22)8(2)18(24)29-15(7)12-6-10-5-9(3-4-11(10)28-12)16(30(26)27)13-17(23)21-19(25)20-13/h3-6,13,16,22H,1-2H3,(H,26,27)(H2,20,21,23,25). The molecule has 10 nitrogen and oxygen atoms in total. The molecule has 0 bridgehead atoms. The van der Waals surface area contributed by atoms with Crippen LogP contribution < -0.4 is 16.3 Å². The van der Waals surface area contributed by atoms with Gasteiger partial charge in [0.2, 0.25) is 0 Å². The number of nitrogens with one attached hydrogen (secondary N) is 2. The van der Waals surface area contributed by atoms with Crippen molar-refractivity contribution in [2.24, 2.45) is 0 Å². The van der Waals surface area contributed by atoms with Gasteiger partial charge in [0.1, 0.15) is 22.6 Å². The molecule has 1 aliphatic heterocycles. The number of fused-ring (bicyclic) bond motifs is 1. The van der Waals surface area contributed by atoms with Crippen molar-refractivity contribution < 1.29 is 32.3 Å². The number of hydrogen-bond donors (Lipinski definition) is 4. The maximum absolute atomic E-state index is 12.0. The Bertz CT molecular complexity index is 1290. The predicted octanol–water partition coefficient (Wildman–Crippen LogP) is 1.85. The van der Waals surface area contributed by atoms with E-state index in [1.807, 2.05) is 5.32 Å². The smallest absolute Gasteiger partial charge is 0.343 e. The minimum absolute atomic E-state index is 0.0607. The summed E-state index contributed by atoms with van der Waals surface area (Å²) in [6.45, 7) is 3.02. The van der Waals surface area contributed by atoms with Crippen LogP contribution in [0, 0.1) is 13.8 Å². The molecule has 3 heterocycles. The molecular formula is C19H16N2O8S. The molecule has 11 heteroatoms. The van der Waals surface area contributed by atoms with Crippen LogP contribution in [0.3, 0.4) is 0 Å². The van der Waals surface area contributed by atoms with Gasteiger partial charge in [0.15, 0.2) is 22.6 Å². The lowest BCUT2D eigenvalue weighted by atomic mass is 10.0. The van der Waals surface area contributed by atoms with Crippen molar-refractivity contribution in [1.29, 1.82) is 0 Å². The number of imide groups is 1. The summed E-state index contributed by atoms with van der Waals surface area (Å²) in [5.74, 6) is -0.653. The monoisotopic (exact) mass is 432 g/mol. The highest BCUT2D eigenvalue weighted by molar-refractivity contribution is 7.79. The van der Waals surface area contributed by atoms with E-state index in [9.17, 15) is 28.3 Å². The Balaban J connectivity index is 1.80. The highest BCUT2D eigenvalue weighted by Crippen LogP contribution is 2.35. The molecule has 156 valence electrons. The first kappa shape index (κ1) is 19.9. The van der Waals surface area contributed by atoms with E-state index in [0.717, 1.165) is 0 Å². The first-order chi connectivity index (χ1) is 14.2. The summed E-state index contributed by atoms with van der Waals surface area (Å²) < 4.78 is 32.7. The molecule has 4 N–H and O–H groups in total. The van der Waals surface area contributed by atoms with Gasteiger partial charge in [-0.1, -0.05) is 6.07 Å². The maximum atomic E-state index is 12.0. The summed E-state index contributed by atoms with van der Waals surface area (Å²) in [6, 6.07) is 4.17. The molecule has 0 spiro atoms. The van der Waals surface area contributed by atoms with Gasteiger partial charge in [-0.15, -0.1) is 0 Å². The molecule has 3 atom stereocenters. The number of aromatic hydroxyl groups is 1. The van der Waals surface area contributed by atoms with Crippen molar-refractivity contribution >= 4 is 34.0 Å². The minimum atomic E-state index is -2.46. The molecule has 0 radical (unpaired) electrons. The topological polar surface area (TPSA) is 159 Å². The van der Waals surface area contributed by atoms with E-state index in [0.29, 0.717) is 22.1 Å². The Hall–Kier alpha value is -3.44. The van der Waals surface area contributed by atoms with Gasteiger partial charge in [-0.05, 0) is 37.6 Å². The van der Waals surface area contributed by atoms with Gasteiger partial charge in [-0.3, -0.25) is 10.1 Å². The number of urea groups is 1. The summed E-state index contributed by atoms with van der Waals surface area (Å²) in [5, 5.41) is 13.8. The fourth-order valence-corrected chi connectivity index (χ4v) is 4.19. The first-order valence-electron chi connectivity index (χ1n) is 8.75. The minimum Gasteiger partial charge on any atom is -0.507 e. The van der Waals surface area contributed by atoms with E-state index in [1.165, 1.54) is 19.1 Å². The lowest BCUT2D eigenvalue weighted by Crippen LogP contribution is -2.37. The first-order valence-corrected chi connectivity index (χ1v) is 9.92. The van der Waals surface area contributed by atoms with Crippen molar-refractivity contribution in [1.82, 2.24) is 10.6 Å².